The van der Waals surface area contributed by atoms with Crippen molar-refractivity contribution in [2.75, 3.05) is 52.6 Å². The Hall–Kier alpha value is -1.50. The highest BCUT2D eigenvalue weighted by molar-refractivity contribution is 5.68. The molecule has 1 heterocycles. The summed E-state index contributed by atoms with van der Waals surface area (Å²) in [6.07, 6.45) is -0.683. The van der Waals surface area contributed by atoms with Crippen molar-refractivity contribution in [1.82, 2.24) is 9.80 Å². The molecule has 7 nitrogen and oxygen atoms in total. The van der Waals surface area contributed by atoms with Crippen molar-refractivity contribution in [1.29, 1.82) is 0 Å². The van der Waals surface area contributed by atoms with Crippen LogP contribution in [0.25, 0.3) is 0 Å². The Morgan fingerprint density at radius 3 is 1.45 bits per heavy atom. The van der Waals surface area contributed by atoms with Gasteiger partial charge in [0.15, 0.2) is 0 Å². The van der Waals surface area contributed by atoms with Gasteiger partial charge in [0.25, 0.3) is 0 Å². The molecule has 0 saturated carbocycles. The molecule has 1 aliphatic heterocycles. The van der Waals surface area contributed by atoms with Crippen LogP contribution >= 0.6 is 0 Å². The third kappa shape index (κ3) is 4.76. The van der Waals surface area contributed by atoms with Gasteiger partial charge in [-0.2, -0.15) is 0 Å². The van der Waals surface area contributed by atoms with Crippen LogP contribution in [0.2, 0.25) is 0 Å². The first kappa shape index (κ1) is 18.5. The van der Waals surface area contributed by atoms with Crippen molar-refractivity contribution in [3.63, 3.8) is 0 Å². The minimum absolute atomic E-state index is 0.202. The van der Waals surface area contributed by atoms with Gasteiger partial charge in [0.1, 0.15) is 13.2 Å². The first-order valence-electron chi connectivity index (χ1n) is 7.93. The summed E-state index contributed by atoms with van der Waals surface area (Å²) < 4.78 is 15.9. The van der Waals surface area contributed by atoms with Gasteiger partial charge in [-0.1, -0.05) is 0 Å². The molecule has 1 aliphatic rings. The van der Waals surface area contributed by atoms with Crippen molar-refractivity contribution in [2.45, 2.75) is 27.7 Å². The zero-order valence-corrected chi connectivity index (χ0v) is 14.1. The second-order valence-corrected chi connectivity index (χ2v) is 5.45. The molecule has 0 unspecified atom stereocenters. The maximum absolute atomic E-state index is 11.9. The second-order valence-electron chi connectivity index (χ2n) is 5.45. The molecule has 0 spiro atoms. The number of ether oxygens (including phenoxy) is 3. The maximum Gasteiger partial charge on any atom is 0.409 e. The lowest BCUT2D eigenvalue weighted by molar-refractivity contribution is -0.161. The highest BCUT2D eigenvalue weighted by Crippen LogP contribution is 2.28. The quantitative estimate of drug-likeness (QED) is 0.685. The largest absolute Gasteiger partial charge is 0.448 e. The third-order valence-electron chi connectivity index (χ3n) is 3.86. The minimum Gasteiger partial charge on any atom is -0.448 e. The molecule has 0 bridgehead atoms. The smallest absolute Gasteiger partial charge is 0.409 e. The summed E-state index contributed by atoms with van der Waals surface area (Å²) >= 11 is 0. The molecule has 7 heteroatoms. The van der Waals surface area contributed by atoms with Crippen molar-refractivity contribution in [3.8, 4) is 0 Å². The Balaban J connectivity index is 2.45. The van der Waals surface area contributed by atoms with E-state index in [1.54, 1.807) is 9.80 Å². The van der Waals surface area contributed by atoms with Crippen LogP contribution in [0.5, 0.6) is 0 Å². The highest BCUT2D eigenvalue weighted by atomic mass is 16.6. The van der Waals surface area contributed by atoms with Crippen LogP contribution in [0.1, 0.15) is 27.7 Å². The first-order valence-corrected chi connectivity index (χ1v) is 7.93. The lowest BCUT2D eigenvalue weighted by Gasteiger charge is -2.40. The van der Waals surface area contributed by atoms with E-state index in [9.17, 15) is 9.59 Å². The van der Waals surface area contributed by atoms with E-state index in [2.05, 4.69) is 0 Å². The first-order chi connectivity index (χ1) is 10.5. The Morgan fingerprint density at radius 1 is 0.864 bits per heavy atom. The molecule has 0 aromatic heterocycles. The van der Waals surface area contributed by atoms with Crippen LogP contribution in [-0.2, 0) is 14.2 Å². The molecule has 0 aromatic carbocycles. The zero-order valence-electron chi connectivity index (χ0n) is 14.1. The fourth-order valence-corrected chi connectivity index (χ4v) is 2.17. The Bertz CT molecular complexity index is 333. The average Bonchev–Trinajstić information content (AvgIpc) is 2.48. The van der Waals surface area contributed by atoms with E-state index in [1.807, 2.05) is 27.7 Å². The molecule has 0 atom stereocenters. The summed E-state index contributed by atoms with van der Waals surface area (Å²) in [6.45, 7) is 11.3. The van der Waals surface area contributed by atoms with Gasteiger partial charge < -0.3 is 24.0 Å². The van der Waals surface area contributed by atoms with E-state index >= 15 is 0 Å². The molecule has 1 rings (SSSR count). The fourth-order valence-electron chi connectivity index (χ4n) is 2.17. The number of hydrogen-bond donors (Lipinski definition) is 0. The van der Waals surface area contributed by atoms with Crippen LogP contribution in [0.3, 0.4) is 0 Å². The fraction of sp³-hybridized carbons (Fsp3) is 0.867. The van der Waals surface area contributed by atoms with Gasteiger partial charge in [-0.3, -0.25) is 0 Å². The monoisotopic (exact) mass is 316 g/mol. The number of hydrogen-bond acceptors (Lipinski definition) is 5. The van der Waals surface area contributed by atoms with Crippen molar-refractivity contribution >= 4 is 12.2 Å². The van der Waals surface area contributed by atoms with Gasteiger partial charge in [-0.05, 0) is 27.7 Å². The molecule has 1 saturated heterocycles. The molecular weight excluding hydrogens is 288 g/mol. The van der Waals surface area contributed by atoms with Gasteiger partial charge in [-0.25, -0.2) is 9.59 Å². The molecule has 128 valence electrons. The van der Waals surface area contributed by atoms with Crippen molar-refractivity contribution < 1.29 is 23.8 Å². The lowest BCUT2D eigenvalue weighted by atomic mass is 9.88. The van der Waals surface area contributed by atoms with Crippen molar-refractivity contribution in [3.05, 3.63) is 0 Å². The summed E-state index contributed by atoms with van der Waals surface area (Å²) in [5.41, 5.74) is -0.411. The van der Waals surface area contributed by atoms with Crippen LogP contribution < -0.4 is 0 Å². The standard InChI is InChI=1S/C15H28N2O5/c1-5-16(6-2)13(18)21-11-15(9-20-10-15)12-22-14(19)17(7-3)8-4/h5-12H2,1-4H3. The Labute approximate surface area is 132 Å². The summed E-state index contributed by atoms with van der Waals surface area (Å²) in [5, 5.41) is 0. The highest BCUT2D eigenvalue weighted by Gasteiger charge is 2.42. The topological polar surface area (TPSA) is 68.3 Å². The Morgan fingerprint density at radius 2 is 1.23 bits per heavy atom. The normalized spacial score (nSPS) is 15.6. The van der Waals surface area contributed by atoms with Gasteiger partial charge >= 0.3 is 12.2 Å². The lowest BCUT2D eigenvalue weighted by Crippen LogP contribution is -2.51. The van der Waals surface area contributed by atoms with E-state index in [4.69, 9.17) is 14.2 Å². The summed E-state index contributed by atoms with van der Waals surface area (Å²) in [5.74, 6) is 0. The molecule has 0 N–H and O–H groups in total. The van der Waals surface area contributed by atoms with Gasteiger partial charge in [0.2, 0.25) is 0 Å². The van der Waals surface area contributed by atoms with E-state index < -0.39 is 5.41 Å². The summed E-state index contributed by atoms with van der Waals surface area (Å²) in [7, 11) is 0. The molecule has 2 amide bonds. The maximum atomic E-state index is 11.9. The summed E-state index contributed by atoms with van der Waals surface area (Å²) in [4.78, 5) is 27.0. The van der Waals surface area contributed by atoms with Crippen LogP contribution in [0.4, 0.5) is 9.59 Å². The zero-order chi connectivity index (χ0) is 16.6. The third-order valence-corrected chi connectivity index (χ3v) is 3.86. The second kappa shape index (κ2) is 8.82. The predicted octanol–water partition coefficient (Wildman–Crippen LogP) is 1.96. The number of carbonyl (C=O) groups excluding carboxylic acids is 2. The van der Waals surface area contributed by atoms with Gasteiger partial charge in [0.05, 0.1) is 18.6 Å². The minimum atomic E-state index is -0.411. The Kier molecular flexibility index (Phi) is 7.44. The summed E-state index contributed by atoms with van der Waals surface area (Å²) in [6, 6.07) is 0. The molecule has 0 aromatic rings. The average molecular weight is 316 g/mol. The van der Waals surface area contributed by atoms with Crippen LogP contribution in [0, 0.1) is 5.41 Å². The molecule has 0 aliphatic carbocycles. The molecule has 0 radical (unpaired) electrons. The van der Waals surface area contributed by atoms with Crippen molar-refractivity contribution in [2.24, 2.45) is 5.41 Å². The number of rotatable bonds is 8. The number of nitrogens with zero attached hydrogens (tertiary/aromatic N) is 2. The van der Waals surface area contributed by atoms with E-state index in [-0.39, 0.29) is 25.4 Å². The SMILES string of the molecule is CCN(CC)C(=O)OCC1(COC(=O)N(CC)CC)COC1. The van der Waals surface area contributed by atoms with Crippen LogP contribution in [0.15, 0.2) is 0 Å². The van der Waals surface area contributed by atoms with Gasteiger partial charge in [-0.15, -0.1) is 0 Å². The van der Waals surface area contributed by atoms with Gasteiger partial charge in [0, 0.05) is 26.2 Å². The molecular formula is C15H28N2O5. The van der Waals surface area contributed by atoms with Crippen LogP contribution in [-0.4, -0.2) is 74.6 Å². The van der Waals surface area contributed by atoms with E-state index in [0.29, 0.717) is 39.4 Å². The predicted molar refractivity (Wildman–Crippen MR) is 81.8 cm³/mol. The van der Waals surface area contributed by atoms with E-state index in [0.717, 1.165) is 0 Å². The van der Waals surface area contributed by atoms with E-state index in [1.165, 1.54) is 0 Å². The number of amides is 2. The molecule has 1 fully saturated rings. The number of carbonyl (C=O) groups is 2. The molecule has 22 heavy (non-hydrogen) atoms.